The normalized spacial score (nSPS) is 13.7. The van der Waals surface area contributed by atoms with Gasteiger partial charge in [0.25, 0.3) is 5.91 Å². The van der Waals surface area contributed by atoms with Crippen LogP contribution in [0.4, 0.5) is 11.4 Å². The van der Waals surface area contributed by atoms with Gasteiger partial charge in [0.15, 0.2) is 0 Å². The third-order valence-electron chi connectivity index (χ3n) is 4.42. The lowest BCUT2D eigenvalue weighted by molar-refractivity contribution is -0.136. The van der Waals surface area contributed by atoms with Gasteiger partial charge in [-0.3, -0.25) is 9.59 Å². The van der Waals surface area contributed by atoms with Gasteiger partial charge in [0.1, 0.15) is 5.70 Å². The molecule has 0 saturated carbocycles. The molecule has 0 radical (unpaired) electrons. The summed E-state index contributed by atoms with van der Waals surface area (Å²) in [4.78, 5) is 38.3. The van der Waals surface area contributed by atoms with Crippen LogP contribution in [0.15, 0.2) is 29.5 Å². The van der Waals surface area contributed by atoms with Gasteiger partial charge in [-0.25, -0.2) is 4.79 Å². The van der Waals surface area contributed by atoms with Crippen LogP contribution < -0.4 is 10.6 Å². The maximum absolute atomic E-state index is 12.7. The van der Waals surface area contributed by atoms with E-state index in [2.05, 4.69) is 10.6 Å². The second kappa shape index (κ2) is 9.89. The molecule has 1 aliphatic rings. The number of ether oxygens (including phenoxy) is 1. The molecule has 1 heterocycles. The van der Waals surface area contributed by atoms with E-state index in [1.807, 2.05) is 19.9 Å². The van der Waals surface area contributed by atoms with Crippen molar-refractivity contribution < 1.29 is 24.2 Å². The highest BCUT2D eigenvalue weighted by atomic mass is 16.5. The molecule has 2 amide bonds. The van der Waals surface area contributed by atoms with Crippen molar-refractivity contribution in [1.82, 2.24) is 4.90 Å². The van der Waals surface area contributed by atoms with E-state index in [-0.39, 0.29) is 36.9 Å². The van der Waals surface area contributed by atoms with Crippen LogP contribution in [0, 0.1) is 6.92 Å². The third kappa shape index (κ3) is 5.10. The van der Waals surface area contributed by atoms with E-state index < -0.39 is 11.9 Å². The van der Waals surface area contributed by atoms with E-state index >= 15 is 0 Å². The maximum atomic E-state index is 12.7. The minimum Gasteiger partial charge on any atom is -0.466 e. The molecule has 0 bridgehead atoms. The van der Waals surface area contributed by atoms with Crippen molar-refractivity contribution in [3.8, 4) is 0 Å². The first-order valence-electron chi connectivity index (χ1n) is 9.30. The molecule has 0 atom stereocenters. The number of β-amino-alcohol motifs (C(OH)–C–C–N with tert-alkyl or cyclic N) is 1. The van der Waals surface area contributed by atoms with Crippen molar-refractivity contribution in [3.05, 3.63) is 35.0 Å². The predicted molar refractivity (Wildman–Crippen MR) is 106 cm³/mol. The van der Waals surface area contributed by atoms with E-state index in [9.17, 15) is 14.4 Å². The maximum Gasteiger partial charge on any atom is 0.337 e. The summed E-state index contributed by atoms with van der Waals surface area (Å²) < 4.78 is 4.79. The van der Waals surface area contributed by atoms with Crippen LogP contribution in [0.2, 0.25) is 0 Å². The summed E-state index contributed by atoms with van der Waals surface area (Å²) in [6.45, 7) is 3.85. The van der Waals surface area contributed by atoms with E-state index in [1.54, 1.807) is 12.1 Å². The molecule has 8 nitrogen and oxygen atoms in total. The number of hydrogen-bond acceptors (Lipinski definition) is 6. The molecule has 0 saturated heterocycles. The molecule has 0 aromatic heterocycles. The second-order valence-electron chi connectivity index (χ2n) is 6.62. The molecule has 28 heavy (non-hydrogen) atoms. The van der Waals surface area contributed by atoms with E-state index in [0.29, 0.717) is 17.8 Å². The first-order chi connectivity index (χ1) is 13.4. The van der Waals surface area contributed by atoms with E-state index in [4.69, 9.17) is 9.84 Å². The van der Waals surface area contributed by atoms with E-state index in [1.165, 1.54) is 12.0 Å². The number of benzene rings is 1. The number of rotatable bonds is 9. The Labute approximate surface area is 164 Å². The summed E-state index contributed by atoms with van der Waals surface area (Å²) in [5, 5.41) is 15.0. The number of unbranched alkanes of at least 4 members (excludes halogenated alkanes) is 1. The van der Waals surface area contributed by atoms with Crippen LogP contribution in [0.5, 0.6) is 0 Å². The Kier molecular flexibility index (Phi) is 7.57. The molecule has 8 heteroatoms. The molecule has 0 unspecified atom stereocenters. The Morgan fingerprint density at radius 1 is 1.29 bits per heavy atom. The largest absolute Gasteiger partial charge is 0.466 e. The number of aliphatic hydroxyl groups is 1. The number of nitrogens with zero attached hydrogens (tertiary/aromatic N) is 1. The summed E-state index contributed by atoms with van der Waals surface area (Å²) in [5.74, 6) is -1.13. The monoisotopic (exact) mass is 389 g/mol. The second-order valence-corrected chi connectivity index (χ2v) is 6.62. The highest BCUT2D eigenvalue weighted by Crippen LogP contribution is 2.29. The quantitative estimate of drug-likeness (QED) is 0.556. The van der Waals surface area contributed by atoms with Crippen molar-refractivity contribution in [2.24, 2.45) is 0 Å². The van der Waals surface area contributed by atoms with Gasteiger partial charge < -0.3 is 25.4 Å². The Bertz CT molecular complexity index is 788. The number of carbonyl (C=O) groups excluding carboxylic acids is 3. The third-order valence-corrected chi connectivity index (χ3v) is 4.42. The number of aliphatic hydroxyl groups excluding tert-OH is 1. The molecule has 2 rings (SSSR count). The molecular weight excluding hydrogens is 362 g/mol. The minimum absolute atomic E-state index is 0.0540. The molecule has 0 aliphatic carbocycles. The topological polar surface area (TPSA) is 108 Å². The summed E-state index contributed by atoms with van der Waals surface area (Å²) in [6.07, 6.45) is 2.10. The fraction of sp³-hybridized carbons (Fsp3) is 0.450. The number of aryl methyl sites for hydroxylation is 1. The molecule has 3 N–H and O–H groups in total. The standard InChI is InChI=1S/C20H27N3O5/c1-4-5-6-17(25)21-15-8-7-13(2)11-16(15)22-18-14(20(27)28-3)12-23(9-10-24)19(18)26/h7-8,11,22,24H,4-6,9-10,12H2,1-3H3,(H,21,25). The number of anilines is 2. The molecule has 152 valence electrons. The van der Waals surface area contributed by atoms with Gasteiger partial charge in [-0.1, -0.05) is 19.4 Å². The lowest BCUT2D eigenvalue weighted by Gasteiger charge is -2.17. The van der Waals surface area contributed by atoms with Crippen molar-refractivity contribution in [2.45, 2.75) is 33.1 Å². The van der Waals surface area contributed by atoms with Crippen LogP contribution in [0.25, 0.3) is 0 Å². The minimum atomic E-state index is -0.613. The van der Waals surface area contributed by atoms with Gasteiger partial charge in [0.2, 0.25) is 5.91 Å². The number of methoxy groups -OCH3 is 1. The van der Waals surface area contributed by atoms with Crippen molar-refractivity contribution in [1.29, 1.82) is 0 Å². The predicted octanol–water partition coefficient (Wildman–Crippen LogP) is 1.80. The lowest BCUT2D eigenvalue weighted by atomic mass is 10.1. The highest BCUT2D eigenvalue weighted by molar-refractivity contribution is 6.09. The van der Waals surface area contributed by atoms with Crippen LogP contribution >= 0.6 is 0 Å². The average Bonchev–Trinajstić information content (AvgIpc) is 2.98. The summed E-state index contributed by atoms with van der Waals surface area (Å²) in [7, 11) is 1.25. The number of amides is 2. The Balaban J connectivity index is 2.33. The molecule has 0 spiro atoms. The Morgan fingerprint density at radius 3 is 2.68 bits per heavy atom. The van der Waals surface area contributed by atoms with Crippen LogP contribution in [0.3, 0.4) is 0 Å². The first-order valence-corrected chi connectivity index (χ1v) is 9.30. The summed E-state index contributed by atoms with van der Waals surface area (Å²) >= 11 is 0. The zero-order valence-corrected chi connectivity index (χ0v) is 16.5. The Morgan fingerprint density at radius 2 is 2.04 bits per heavy atom. The lowest BCUT2D eigenvalue weighted by Crippen LogP contribution is -2.31. The molecule has 1 aromatic carbocycles. The fourth-order valence-electron chi connectivity index (χ4n) is 2.90. The van der Waals surface area contributed by atoms with Crippen LogP contribution in [-0.2, 0) is 19.1 Å². The first kappa shape index (κ1) is 21.4. The fourth-order valence-corrected chi connectivity index (χ4v) is 2.90. The smallest absolute Gasteiger partial charge is 0.337 e. The van der Waals surface area contributed by atoms with Crippen LogP contribution in [-0.4, -0.2) is 54.6 Å². The SMILES string of the molecule is CCCCC(=O)Nc1ccc(C)cc1NC1=C(C(=O)OC)CN(CCO)C1=O. The average molecular weight is 389 g/mol. The van der Waals surface area contributed by atoms with Gasteiger partial charge in [0, 0.05) is 13.0 Å². The van der Waals surface area contributed by atoms with E-state index in [0.717, 1.165) is 18.4 Å². The highest BCUT2D eigenvalue weighted by Gasteiger charge is 2.34. The number of esters is 1. The van der Waals surface area contributed by atoms with Gasteiger partial charge in [-0.05, 0) is 31.0 Å². The summed E-state index contributed by atoms with van der Waals surface area (Å²) in [5.41, 5.74) is 2.24. The van der Waals surface area contributed by atoms with Gasteiger partial charge >= 0.3 is 5.97 Å². The number of nitrogens with one attached hydrogen (secondary N) is 2. The number of carbonyl (C=O) groups is 3. The Hall–Kier alpha value is -2.87. The molecule has 1 aliphatic heterocycles. The van der Waals surface area contributed by atoms with Gasteiger partial charge in [-0.2, -0.15) is 0 Å². The van der Waals surface area contributed by atoms with Gasteiger partial charge in [-0.15, -0.1) is 0 Å². The zero-order chi connectivity index (χ0) is 20.7. The van der Waals surface area contributed by atoms with Gasteiger partial charge in [0.05, 0.1) is 37.2 Å². The molecular formula is C20H27N3O5. The summed E-state index contributed by atoms with van der Waals surface area (Å²) in [6, 6.07) is 5.40. The number of hydrogen-bond donors (Lipinski definition) is 3. The molecule has 1 aromatic rings. The molecule has 0 fully saturated rings. The zero-order valence-electron chi connectivity index (χ0n) is 16.5. The van der Waals surface area contributed by atoms with Crippen molar-refractivity contribution in [3.63, 3.8) is 0 Å². The van der Waals surface area contributed by atoms with Crippen molar-refractivity contribution >= 4 is 29.2 Å². The van der Waals surface area contributed by atoms with Crippen LogP contribution in [0.1, 0.15) is 31.7 Å². The van der Waals surface area contributed by atoms with Crippen molar-refractivity contribution in [2.75, 3.05) is 37.4 Å².